The number of rotatable bonds is 4. The highest BCUT2D eigenvalue weighted by molar-refractivity contribution is 5.84. The van der Waals surface area contributed by atoms with E-state index in [9.17, 15) is 14.7 Å². The summed E-state index contributed by atoms with van der Waals surface area (Å²) < 4.78 is 5.87. The van der Waals surface area contributed by atoms with Crippen LogP contribution >= 0.6 is 0 Å². The Kier molecular flexibility index (Phi) is 4.40. The molecular weight excluding hydrogens is 310 g/mol. The first kappa shape index (κ1) is 16.3. The molecular formula is C18H19NO5. The SMILES string of the molecule is O=C(CO)N1CCC(Oc2ccc3ccccc3c2)(C(=O)O)CC1. The Hall–Kier alpha value is -2.60. The second kappa shape index (κ2) is 6.49. The van der Waals surface area contributed by atoms with Crippen molar-refractivity contribution >= 4 is 22.6 Å². The number of carbonyl (C=O) groups is 2. The molecule has 24 heavy (non-hydrogen) atoms. The molecule has 1 aliphatic heterocycles. The molecule has 2 N–H and O–H groups in total. The molecule has 2 aromatic rings. The first-order valence-electron chi connectivity index (χ1n) is 7.84. The Labute approximate surface area is 139 Å². The number of fused-ring (bicyclic) bond motifs is 1. The number of likely N-dealkylation sites (tertiary alicyclic amines) is 1. The van der Waals surface area contributed by atoms with Crippen molar-refractivity contribution in [3.05, 3.63) is 42.5 Å². The number of hydrogen-bond acceptors (Lipinski definition) is 4. The van der Waals surface area contributed by atoms with Crippen LogP contribution in [-0.2, 0) is 9.59 Å². The summed E-state index contributed by atoms with van der Waals surface area (Å²) in [5.41, 5.74) is -1.35. The van der Waals surface area contributed by atoms with E-state index in [2.05, 4.69) is 0 Å². The van der Waals surface area contributed by atoms with Crippen molar-refractivity contribution in [1.82, 2.24) is 4.90 Å². The van der Waals surface area contributed by atoms with Crippen molar-refractivity contribution in [2.75, 3.05) is 19.7 Å². The van der Waals surface area contributed by atoms with Crippen LogP contribution in [0.15, 0.2) is 42.5 Å². The lowest BCUT2D eigenvalue weighted by Crippen LogP contribution is -2.54. The molecule has 1 heterocycles. The van der Waals surface area contributed by atoms with E-state index in [0.29, 0.717) is 5.75 Å². The highest BCUT2D eigenvalue weighted by Crippen LogP contribution is 2.31. The van der Waals surface area contributed by atoms with Gasteiger partial charge < -0.3 is 19.8 Å². The van der Waals surface area contributed by atoms with Gasteiger partial charge in [0.25, 0.3) is 0 Å². The average Bonchev–Trinajstić information content (AvgIpc) is 2.61. The van der Waals surface area contributed by atoms with Crippen LogP contribution in [0.3, 0.4) is 0 Å². The zero-order valence-electron chi connectivity index (χ0n) is 13.1. The Morgan fingerprint density at radius 3 is 2.38 bits per heavy atom. The summed E-state index contributed by atoms with van der Waals surface area (Å²) in [5, 5.41) is 20.6. The van der Waals surface area contributed by atoms with E-state index in [1.165, 1.54) is 4.90 Å². The van der Waals surface area contributed by atoms with Crippen molar-refractivity contribution in [2.24, 2.45) is 0 Å². The summed E-state index contributed by atoms with van der Waals surface area (Å²) >= 11 is 0. The number of aliphatic carboxylic acids is 1. The molecule has 6 heteroatoms. The maximum atomic E-state index is 11.8. The van der Waals surface area contributed by atoms with Crippen molar-refractivity contribution < 1.29 is 24.5 Å². The normalized spacial score (nSPS) is 16.8. The minimum Gasteiger partial charge on any atom is -0.478 e. The summed E-state index contributed by atoms with van der Waals surface area (Å²) in [7, 11) is 0. The first-order valence-corrected chi connectivity index (χ1v) is 7.84. The van der Waals surface area contributed by atoms with Gasteiger partial charge in [0.05, 0.1) is 0 Å². The van der Waals surface area contributed by atoms with Crippen LogP contribution in [0, 0.1) is 0 Å². The highest BCUT2D eigenvalue weighted by Gasteiger charge is 2.44. The van der Waals surface area contributed by atoms with E-state index in [0.717, 1.165) is 10.8 Å². The van der Waals surface area contributed by atoms with Gasteiger partial charge in [-0.15, -0.1) is 0 Å². The standard InChI is InChI=1S/C18H19NO5/c20-12-16(21)19-9-7-18(8-10-19,17(22)23)24-15-6-5-13-3-1-2-4-14(13)11-15/h1-6,11,20H,7-10,12H2,(H,22,23). The van der Waals surface area contributed by atoms with Gasteiger partial charge >= 0.3 is 5.97 Å². The zero-order valence-corrected chi connectivity index (χ0v) is 13.1. The van der Waals surface area contributed by atoms with E-state index >= 15 is 0 Å². The Morgan fingerprint density at radius 1 is 1.08 bits per heavy atom. The topological polar surface area (TPSA) is 87.1 Å². The number of aliphatic hydroxyl groups is 1. The number of piperidine rings is 1. The number of ether oxygens (including phenoxy) is 1. The zero-order chi connectivity index (χ0) is 17.2. The van der Waals surface area contributed by atoms with E-state index in [1.807, 2.05) is 36.4 Å². The van der Waals surface area contributed by atoms with Crippen molar-refractivity contribution in [2.45, 2.75) is 18.4 Å². The number of nitrogens with zero attached hydrogens (tertiary/aromatic N) is 1. The fourth-order valence-corrected chi connectivity index (χ4v) is 3.03. The predicted molar refractivity (Wildman–Crippen MR) is 87.8 cm³/mol. The van der Waals surface area contributed by atoms with Crippen LogP contribution in [0.5, 0.6) is 5.75 Å². The molecule has 1 fully saturated rings. The maximum Gasteiger partial charge on any atom is 0.348 e. The van der Waals surface area contributed by atoms with Crippen LogP contribution in [0.4, 0.5) is 0 Å². The van der Waals surface area contributed by atoms with Gasteiger partial charge in [0.1, 0.15) is 12.4 Å². The Balaban J connectivity index is 1.81. The third-order valence-corrected chi connectivity index (χ3v) is 4.48. The van der Waals surface area contributed by atoms with Crippen LogP contribution in [0.25, 0.3) is 10.8 Å². The number of carbonyl (C=O) groups excluding carboxylic acids is 1. The van der Waals surface area contributed by atoms with E-state index in [-0.39, 0.29) is 31.8 Å². The van der Waals surface area contributed by atoms with Gasteiger partial charge in [-0.25, -0.2) is 4.79 Å². The van der Waals surface area contributed by atoms with E-state index in [1.54, 1.807) is 6.07 Å². The lowest BCUT2D eigenvalue weighted by molar-refractivity contribution is -0.162. The molecule has 1 saturated heterocycles. The molecule has 0 atom stereocenters. The van der Waals surface area contributed by atoms with Crippen LogP contribution < -0.4 is 4.74 Å². The quantitative estimate of drug-likeness (QED) is 0.891. The lowest BCUT2D eigenvalue weighted by Gasteiger charge is -2.38. The molecule has 0 bridgehead atoms. The van der Waals surface area contributed by atoms with Gasteiger partial charge in [0.2, 0.25) is 11.5 Å². The molecule has 2 aromatic carbocycles. The molecule has 0 radical (unpaired) electrons. The highest BCUT2D eigenvalue weighted by atomic mass is 16.5. The third-order valence-electron chi connectivity index (χ3n) is 4.48. The fourth-order valence-electron chi connectivity index (χ4n) is 3.03. The Morgan fingerprint density at radius 2 is 1.75 bits per heavy atom. The van der Waals surface area contributed by atoms with Gasteiger partial charge in [-0.2, -0.15) is 0 Å². The molecule has 0 spiro atoms. The minimum atomic E-state index is -1.35. The molecule has 0 saturated carbocycles. The number of carboxylic acids is 1. The Bertz CT molecular complexity index is 765. The number of hydrogen-bond donors (Lipinski definition) is 2. The molecule has 0 aliphatic carbocycles. The van der Waals surface area contributed by atoms with Gasteiger partial charge in [0, 0.05) is 25.9 Å². The lowest BCUT2D eigenvalue weighted by atomic mass is 9.91. The molecule has 3 rings (SSSR count). The van der Waals surface area contributed by atoms with Crippen molar-refractivity contribution in [3.63, 3.8) is 0 Å². The predicted octanol–water partition coefficient (Wildman–Crippen LogP) is 1.66. The van der Waals surface area contributed by atoms with Crippen molar-refractivity contribution in [3.8, 4) is 5.75 Å². The summed E-state index contributed by atoms with van der Waals surface area (Å²) in [6.45, 7) is -0.0653. The van der Waals surface area contributed by atoms with Crippen molar-refractivity contribution in [1.29, 1.82) is 0 Å². The fraction of sp³-hybridized carbons (Fsp3) is 0.333. The minimum absolute atomic E-state index is 0.181. The number of amides is 1. The number of aliphatic hydroxyl groups excluding tert-OH is 1. The summed E-state index contributed by atoms with van der Waals surface area (Å²) in [5.74, 6) is -0.926. The monoisotopic (exact) mass is 329 g/mol. The average molecular weight is 329 g/mol. The smallest absolute Gasteiger partial charge is 0.348 e. The molecule has 0 unspecified atom stereocenters. The summed E-state index contributed by atoms with van der Waals surface area (Å²) in [4.78, 5) is 24.8. The third kappa shape index (κ3) is 3.05. The molecule has 1 amide bonds. The molecule has 1 aliphatic rings. The van der Waals surface area contributed by atoms with Gasteiger partial charge in [-0.1, -0.05) is 30.3 Å². The van der Waals surface area contributed by atoms with Crippen LogP contribution in [0.1, 0.15) is 12.8 Å². The summed E-state index contributed by atoms with van der Waals surface area (Å²) in [6.07, 6.45) is 0.363. The van der Waals surface area contributed by atoms with Crippen LogP contribution in [0.2, 0.25) is 0 Å². The molecule has 6 nitrogen and oxygen atoms in total. The van der Waals surface area contributed by atoms with E-state index in [4.69, 9.17) is 9.84 Å². The number of carboxylic acid groups (broad SMARTS) is 1. The molecule has 126 valence electrons. The summed E-state index contributed by atoms with van der Waals surface area (Å²) in [6, 6.07) is 13.3. The van der Waals surface area contributed by atoms with Gasteiger partial charge in [-0.05, 0) is 22.9 Å². The largest absolute Gasteiger partial charge is 0.478 e. The van der Waals surface area contributed by atoms with Crippen LogP contribution in [-0.4, -0.2) is 52.3 Å². The number of benzene rings is 2. The first-order chi connectivity index (χ1) is 11.5. The maximum absolute atomic E-state index is 11.8. The molecule has 0 aromatic heterocycles. The second-order valence-corrected chi connectivity index (χ2v) is 5.95. The van der Waals surface area contributed by atoms with Gasteiger partial charge in [0.15, 0.2) is 0 Å². The second-order valence-electron chi connectivity index (χ2n) is 5.95. The van der Waals surface area contributed by atoms with E-state index < -0.39 is 18.2 Å². The van der Waals surface area contributed by atoms with Gasteiger partial charge in [-0.3, -0.25) is 4.79 Å².